The van der Waals surface area contributed by atoms with Gasteiger partial charge in [-0.15, -0.1) is 0 Å². The standard InChI is InChI=1S/C17H15BrFN3O2/c1-3-22-17(18)11(8-20-22)6-12-9-24-21-16(12)14-5-4-13(19)7-15(14)10(2)23/h4-5,7-9H,3,6H2,1-2H3. The molecule has 0 unspecified atom stereocenters. The van der Waals surface area contributed by atoms with E-state index in [-0.39, 0.29) is 11.3 Å². The zero-order valence-electron chi connectivity index (χ0n) is 13.2. The number of benzene rings is 1. The zero-order valence-corrected chi connectivity index (χ0v) is 14.8. The molecular formula is C17H15BrFN3O2. The van der Waals surface area contributed by atoms with Crippen molar-refractivity contribution in [3.63, 3.8) is 0 Å². The molecule has 2 aromatic heterocycles. The quantitative estimate of drug-likeness (QED) is 0.609. The highest BCUT2D eigenvalue weighted by molar-refractivity contribution is 9.10. The fourth-order valence-electron chi connectivity index (χ4n) is 2.57. The molecule has 0 saturated heterocycles. The second-order valence-electron chi connectivity index (χ2n) is 5.39. The van der Waals surface area contributed by atoms with E-state index in [0.717, 1.165) is 22.3 Å². The van der Waals surface area contributed by atoms with Crippen molar-refractivity contribution >= 4 is 21.7 Å². The molecular weight excluding hydrogens is 377 g/mol. The molecule has 0 aliphatic rings. The van der Waals surface area contributed by atoms with Crippen molar-refractivity contribution in [2.75, 3.05) is 0 Å². The molecule has 2 heterocycles. The number of Topliss-reactive ketones (excluding diaryl/α,β-unsaturated/α-hetero) is 1. The largest absolute Gasteiger partial charge is 0.364 e. The highest BCUT2D eigenvalue weighted by Gasteiger charge is 2.19. The fourth-order valence-corrected chi connectivity index (χ4v) is 3.16. The van der Waals surface area contributed by atoms with Gasteiger partial charge in [-0.05, 0) is 48.0 Å². The summed E-state index contributed by atoms with van der Waals surface area (Å²) in [5.74, 6) is -0.681. The molecule has 0 aliphatic carbocycles. The lowest BCUT2D eigenvalue weighted by Gasteiger charge is -2.06. The number of aryl methyl sites for hydroxylation is 1. The minimum atomic E-state index is -0.457. The Hall–Kier alpha value is -2.28. The number of hydrogen-bond donors (Lipinski definition) is 0. The van der Waals surface area contributed by atoms with Gasteiger partial charge < -0.3 is 4.52 Å². The van der Waals surface area contributed by atoms with E-state index in [1.807, 2.05) is 11.6 Å². The molecule has 24 heavy (non-hydrogen) atoms. The first-order valence-corrected chi connectivity index (χ1v) is 8.24. The van der Waals surface area contributed by atoms with Crippen molar-refractivity contribution < 1.29 is 13.7 Å². The summed E-state index contributed by atoms with van der Waals surface area (Å²) in [6.07, 6.45) is 3.85. The monoisotopic (exact) mass is 391 g/mol. The SMILES string of the molecule is CCn1ncc(Cc2conc2-c2ccc(F)cc2C(C)=O)c1Br. The number of carbonyl (C=O) groups excluding carboxylic acids is 1. The van der Waals surface area contributed by atoms with E-state index in [9.17, 15) is 9.18 Å². The van der Waals surface area contributed by atoms with E-state index in [4.69, 9.17) is 4.52 Å². The normalized spacial score (nSPS) is 11.0. The first kappa shape index (κ1) is 16.6. The van der Waals surface area contributed by atoms with Gasteiger partial charge in [0.25, 0.3) is 0 Å². The van der Waals surface area contributed by atoms with Crippen LogP contribution >= 0.6 is 15.9 Å². The Morgan fingerprint density at radius 3 is 2.83 bits per heavy atom. The summed E-state index contributed by atoms with van der Waals surface area (Å²) in [4.78, 5) is 11.8. The fraction of sp³-hybridized carbons (Fsp3) is 0.235. The molecule has 0 amide bonds. The summed E-state index contributed by atoms with van der Waals surface area (Å²) in [5, 5.41) is 8.31. The zero-order chi connectivity index (χ0) is 17.3. The van der Waals surface area contributed by atoms with Crippen molar-refractivity contribution in [1.29, 1.82) is 0 Å². The molecule has 0 aliphatic heterocycles. The number of halogens is 2. The Labute approximate surface area is 146 Å². The molecule has 7 heteroatoms. The Morgan fingerprint density at radius 1 is 1.38 bits per heavy atom. The van der Waals surface area contributed by atoms with Gasteiger partial charge in [-0.3, -0.25) is 9.48 Å². The summed E-state index contributed by atoms with van der Waals surface area (Å²) in [5.41, 5.74) is 3.17. The van der Waals surface area contributed by atoms with Gasteiger partial charge in [0.2, 0.25) is 0 Å². The predicted octanol–water partition coefficient (Wildman–Crippen LogP) is 4.25. The first-order chi connectivity index (χ1) is 11.5. The molecule has 1 aromatic carbocycles. The number of aromatic nitrogens is 3. The molecule has 5 nitrogen and oxygen atoms in total. The molecule has 0 radical (unpaired) electrons. The van der Waals surface area contributed by atoms with Gasteiger partial charge in [0.15, 0.2) is 5.78 Å². The number of rotatable bonds is 5. The van der Waals surface area contributed by atoms with Gasteiger partial charge in [0.1, 0.15) is 22.4 Å². The Balaban J connectivity index is 2.02. The summed E-state index contributed by atoms with van der Waals surface area (Å²) < 4.78 is 21.3. The highest BCUT2D eigenvalue weighted by atomic mass is 79.9. The van der Waals surface area contributed by atoms with Crippen LogP contribution in [0, 0.1) is 5.82 Å². The molecule has 0 bridgehead atoms. The van der Waals surface area contributed by atoms with Crippen molar-refractivity contribution in [1.82, 2.24) is 14.9 Å². The maximum Gasteiger partial charge on any atom is 0.160 e. The van der Waals surface area contributed by atoms with Crippen LogP contribution in [0.3, 0.4) is 0 Å². The topological polar surface area (TPSA) is 60.9 Å². The molecule has 0 fully saturated rings. The molecule has 0 N–H and O–H groups in total. The van der Waals surface area contributed by atoms with Crippen LogP contribution in [0.15, 0.2) is 39.8 Å². The van der Waals surface area contributed by atoms with Gasteiger partial charge in [0.05, 0.1) is 6.20 Å². The molecule has 124 valence electrons. The second-order valence-corrected chi connectivity index (χ2v) is 6.14. The summed E-state index contributed by atoms with van der Waals surface area (Å²) in [7, 11) is 0. The predicted molar refractivity (Wildman–Crippen MR) is 90.3 cm³/mol. The summed E-state index contributed by atoms with van der Waals surface area (Å²) in [6.45, 7) is 4.16. The molecule has 0 atom stereocenters. The van der Waals surface area contributed by atoms with E-state index in [1.165, 1.54) is 19.1 Å². The van der Waals surface area contributed by atoms with E-state index in [1.54, 1.807) is 18.5 Å². The van der Waals surface area contributed by atoms with Crippen molar-refractivity contribution in [3.05, 3.63) is 57.8 Å². The van der Waals surface area contributed by atoms with Crippen LogP contribution in [-0.2, 0) is 13.0 Å². The highest BCUT2D eigenvalue weighted by Crippen LogP contribution is 2.30. The van der Waals surface area contributed by atoms with Crippen molar-refractivity contribution in [2.24, 2.45) is 0 Å². The average molecular weight is 392 g/mol. The number of hydrogen-bond acceptors (Lipinski definition) is 4. The van der Waals surface area contributed by atoms with Crippen LogP contribution in [-0.4, -0.2) is 20.7 Å². The van der Waals surface area contributed by atoms with Crippen molar-refractivity contribution in [3.8, 4) is 11.3 Å². The maximum atomic E-state index is 13.5. The van der Waals surface area contributed by atoms with Crippen molar-refractivity contribution in [2.45, 2.75) is 26.8 Å². The van der Waals surface area contributed by atoms with Gasteiger partial charge in [-0.25, -0.2) is 4.39 Å². The second kappa shape index (κ2) is 6.68. The Morgan fingerprint density at radius 2 is 2.17 bits per heavy atom. The number of carbonyl (C=O) groups is 1. The van der Waals surface area contributed by atoms with Crippen LogP contribution < -0.4 is 0 Å². The number of nitrogens with zero attached hydrogens (tertiary/aromatic N) is 3. The van der Waals surface area contributed by atoms with Gasteiger partial charge in [-0.1, -0.05) is 5.16 Å². The lowest BCUT2D eigenvalue weighted by Crippen LogP contribution is -2.00. The van der Waals surface area contributed by atoms with Crippen LogP contribution in [0.1, 0.15) is 35.3 Å². The first-order valence-electron chi connectivity index (χ1n) is 7.45. The van der Waals surface area contributed by atoms with E-state index >= 15 is 0 Å². The molecule has 0 spiro atoms. The van der Waals surface area contributed by atoms with Crippen LogP contribution in [0.4, 0.5) is 4.39 Å². The maximum absolute atomic E-state index is 13.5. The third-order valence-electron chi connectivity index (χ3n) is 3.78. The van der Waals surface area contributed by atoms with E-state index in [0.29, 0.717) is 17.7 Å². The van der Waals surface area contributed by atoms with Crippen LogP contribution in [0.25, 0.3) is 11.3 Å². The summed E-state index contributed by atoms with van der Waals surface area (Å²) in [6, 6.07) is 4.09. The minimum absolute atomic E-state index is 0.224. The van der Waals surface area contributed by atoms with E-state index < -0.39 is 5.82 Å². The average Bonchev–Trinajstić information content (AvgIpc) is 3.15. The Kier molecular flexibility index (Phi) is 4.62. The number of ketones is 1. The lowest BCUT2D eigenvalue weighted by atomic mass is 9.97. The van der Waals surface area contributed by atoms with E-state index in [2.05, 4.69) is 26.2 Å². The van der Waals surface area contributed by atoms with Gasteiger partial charge in [0, 0.05) is 35.2 Å². The smallest absolute Gasteiger partial charge is 0.160 e. The minimum Gasteiger partial charge on any atom is -0.364 e. The van der Waals surface area contributed by atoms with Gasteiger partial charge in [-0.2, -0.15) is 5.10 Å². The Bertz CT molecular complexity index is 901. The third kappa shape index (κ3) is 3.03. The molecule has 0 saturated carbocycles. The molecule has 3 rings (SSSR count). The molecule has 3 aromatic rings. The van der Waals surface area contributed by atoms with Crippen LogP contribution in [0.5, 0.6) is 0 Å². The van der Waals surface area contributed by atoms with Crippen LogP contribution in [0.2, 0.25) is 0 Å². The lowest BCUT2D eigenvalue weighted by molar-refractivity contribution is 0.101. The third-order valence-corrected chi connectivity index (χ3v) is 4.70. The summed E-state index contributed by atoms with van der Waals surface area (Å²) >= 11 is 3.53. The van der Waals surface area contributed by atoms with Gasteiger partial charge >= 0.3 is 0 Å².